The van der Waals surface area contributed by atoms with Gasteiger partial charge < -0.3 is 9.88 Å². The van der Waals surface area contributed by atoms with Gasteiger partial charge in [0.2, 0.25) is 5.91 Å². The highest BCUT2D eigenvalue weighted by Crippen LogP contribution is 2.20. The van der Waals surface area contributed by atoms with Crippen LogP contribution in [0, 0.1) is 12.8 Å². The summed E-state index contributed by atoms with van der Waals surface area (Å²) in [4.78, 5) is 16.5. The number of hydrogen-bond donors (Lipinski definition) is 1. The van der Waals surface area contributed by atoms with Crippen LogP contribution in [-0.2, 0) is 17.8 Å². The zero-order valence-electron chi connectivity index (χ0n) is 15.8. The molecule has 1 heterocycles. The molecule has 0 aliphatic rings. The molecule has 2 aromatic carbocycles. The number of amides is 1. The topological polar surface area (TPSA) is 46.9 Å². The third-order valence-electron chi connectivity index (χ3n) is 4.72. The van der Waals surface area contributed by atoms with Gasteiger partial charge in [-0.3, -0.25) is 4.79 Å². The van der Waals surface area contributed by atoms with Crippen molar-refractivity contribution in [2.45, 2.75) is 40.2 Å². The number of para-hydroxylation sites is 2. The number of rotatable bonds is 7. The predicted octanol–water partition coefficient (Wildman–Crippen LogP) is 4.10. The summed E-state index contributed by atoms with van der Waals surface area (Å²) in [6.45, 7) is 7.48. The molecule has 1 N–H and O–H groups in total. The first-order chi connectivity index (χ1) is 12.6. The van der Waals surface area contributed by atoms with Crippen molar-refractivity contribution < 1.29 is 4.79 Å². The maximum atomic E-state index is 11.7. The van der Waals surface area contributed by atoms with Crippen LogP contribution >= 0.6 is 0 Å². The lowest BCUT2D eigenvalue weighted by molar-refractivity contribution is -0.123. The number of benzene rings is 2. The number of carbonyl (C=O) groups excluding carboxylic acids is 1. The van der Waals surface area contributed by atoms with E-state index in [4.69, 9.17) is 4.98 Å². The average Bonchev–Trinajstić information content (AvgIpc) is 2.98. The highest BCUT2D eigenvalue weighted by atomic mass is 16.1. The number of aromatic nitrogens is 2. The largest absolute Gasteiger partial charge is 0.356 e. The van der Waals surface area contributed by atoms with Crippen molar-refractivity contribution in [3.05, 3.63) is 65.5 Å². The molecule has 0 radical (unpaired) electrons. The molecule has 0 aliphatic carbocycles. The second-order valence-corrected chi connectivity index (χ2v) is 7.08. The minimum atomic E-state index is 0.0284. The van der Waals surface area contributed by atoms with E-state index in [0.29, 0.717) is 6.54 Å². The Bertz CT molecular complexity index is 895. The van der Waals surface area contributed by atoms with Gasteiger partial charge in [-0.25, -0.2) is 4.98 Å². The first kappa shape index (κ1) is 18.2. The van der Waals surface area contributed by atoms with E-state index in [1.165, 1.54) is 11.1 Å². The molecular formula is C22H27N3O. The van der Waals surface area contributed by atoms with Crippen LogP contribution in [0.1, 0.15) is 37.2 Å². The van der Waals surface area contributed by atoms with Gasteiger partial charge in [0.05, 0.1) is 11.0 Å². The summed E-state index contributed by atoms with van der Waals surface area (Å²) in [5.74, 6) is 1.22. The van der Waals surface area contributed by atoms with Crippen molar-refractivity contribution in [3.8, 4) is 0 Å². The van der Waals surface area contributed by atoms with Gasteiger partial charge in [-0.15, -0.1) is 0 Å². The third-order valence-corrected chi connectivity index (χ3v) is 4.72. The molecule has 4 nitrogen and oxygen atoms in total. The Hall–Kier alpha value is -2.62. The lowest BCUT2D eigenvalue weighted by Crippen LogP contribution is -2.28. The van der Waals surface area contributed by atoms with Crippen LogP contribution in [0.2, 0.25) is 0 Å². The van der Waals surface area contributed by atoms with E-state index < -0.39 is 0 Å². The van der Waals surface area contributed by atoms with Crippen molar-refractivity contribution >= 4 is 16.9 Å². The second kappa shape index (κ2) is 8.17. The molecule has 3 aromatic rings. The summed E-state index contributed by atoms with van der Waals surface area (Å²) < 4.78 is 2.31. The Kier molecular flexibility index (Phi) is 5.71. The van der Waals surface area contributed by atoms with Crippen LogP contribution in [0.3, 0.4) is 0 Å². The quantitative estimate of drug-likeness (QED) is 0.653. The van der Waals surface area contributed by atoms with E-state index in [-0.39, 0.29) is 11.8 Å². The minimum absolute atomic E-state index is 0.0284. The van der Waals surface area contributed by atoms with E-state index in [2.05, 4.69) is 59.3 Å². The zero-order valence-corrected chi connectivity index (χ0v) is 15.8. The molecule has 0 unspecified atom stereocenters. The molecule has 0 bridgehead atoms. The lowest BCUT2D eigenvalue weighted by Gasteiger charge is -2.12. The fourth-order valence-electron chi connectivity index (χ4n) is 3.11. The van der Waals surface area contributed by atoms with Crippen molar-refractivity contribution in [2.75, 3.05) is 6.54 Å². The van der Waals surface area contributed by atoms with Crippen molar-refractivity contribution in [2.24, 2.45) is 5.92 Å². The van der Waals surface area contributed by atoms with E-state index >= 15 is 0 Å². The van der Waals surface area contributed by atoms with E-state index in [0.717, 1.165) is 36.2 Å². The van der Waals surface area contributed by atoms with Gasteiger partial charge >= 0.3 is 0 Å². The highest BCUT2D eigenvalue weighted by Gasteiger charge is 2.12. The van der Waals surface area contributed by atoms with Gasteiger partial charge in [0, 0.05) is 25.4 Å². The second-order valence-electron chi connectivity index (χ2n) is 7.08. The molecule has 0 saturated heterocycles. The summed E-state index contributed by atoms with van der Waals surface area (Å²) in [5.41, 5.74) is 4.80. The number of imidazole rings is 1. The fourth-order valence-corrected chi connectivity index (χ4v) is 3.11. The van der Waals surface area contributed by atoms with Crippen LogP contribution in [0.25, 0.3) is 11.0 Å². The maximum absolute atomic E-state index is 11.7. The minimum Gasteiger partial charge on any atom is -0.356 e. The van der Waals surface area contributed by atoms with Gasteiger partial charge in [-0.2, -0.15) is 0 Å². The van der Waals surface area contributed by atoms with Crippen LogP contribution in [0.5, 0.6) is 0 Å². The summed E-state index contributed by atoms with van der Waals surface area (Å²) in [7, 11) is 0. The molecule has 0 aliphatic heterocycles. The Morgan fingerprint density at radius 3 is 2.62 bits per heavy atom. The highest BCUT2D eigenvalue weighted by molar-refractivity contribution is 5.77. The summed E-state index contributed by atoms with van der Waals surface area (Å²) in [6.07, 6.45) is 1.73. The molecule has 1 amide bonds. The van der Waals surface area contributed by atoms with E-state index in [9.17, 15) is 4.79 Å². The summed E-state index contributed by atoms with van der Waals surface area (Å²) in [5, 5.41) is 2.99. The first-order valence-corrected chi connectivity index (χ1v) is 9.32. The third kappa shape index (κ3) is 4.13. The standard InChI is InChI=1S/C22H27N3O/c1-16(2)22(26)23-14-8-13-21-24-19-11-6-7-12-20(19)25(21)15-18-10-5-4-9-17(18)3/h4-7,9-12,16H,8,13-15H2,1-3H3,(H,23,26). The Morgan fingerprint density at radius 2 is 1.85 bits per heavy atom. The lowest BCUT2D eigenvalue weighted by atomic mass is 10.1. The number of nitrogens with zero attached hydrogens (tertiary/aromatic N) is 2. The zero-order chi connectivity index (χ0) is 18.5. The molecule has 136 valence electrons. The molecular weight excluding hydrogens is 322 g/mol. The fraction of sp³-hybridized carbons (Fsp3) is 0.364. The number of aryl methyl sites for hydroxylation is 2. The van der Waals surface area contributed by atoms with Crippen LogP contribution in [0.15, 0.2) is 48.5 Å². The molecule has 0 saturated carbocycles. The maximum Gasteiger partial charge on any atom is 0.222 e. The van der Waals surface area contributed by atoms with Crippen molar-refractivity contribution in [3.63, 3.8) is 0 Å². The SMILES string of the molecule is Cc1ccccc1Cn1c(CCCNC(=O)C(C)C)nc2ccccc21. The summed E-state index contributed by atoms with van der Waals surface area (Å²) >= 11 is 0. The van der Waals surface area contributed by atoms with Gasteiger partial charge in [0.15, 0.2) is 0 Å². The number of carbonyl (C=O) groups is 1. The van der Waals surface area contributed by atoms with E-state index in [1.807, 2.05) is 19.9 Å². The van der Waals surface area contributed by atoms with Crippen molar-refractivity contribution in [1.29, 1.82) is 0 Å². The van der Waals surface area contributed by atoms with Crippen LogP contribution < -0.4 is 5.32 Å². The van der Waals surface area contributed by atoms with Gasteiger partial charge in [-0.05, 0) is 36.6 Å². The predicted molar refractivity (Wildman–Crippen MR) is 106 cm³/mol. The molecule has 26 heavy (non-hydrogen) atoms. The van der Waals surface area contributed by atoms with Crippen molar-refractivity contribution in [1.82, 2.24) is 14.9 Å². The van der Waals surface area contributed by atoms with Gasteiger partial charge in [0.25, 0.3) is 0 Å². The Labute approximate surface area is 155 Å². The molecule has 0 fully saturated rings. The number of nitrogens with one attached hydrogen (secondary N) is 1. The van der Waals surface area contributed by atoms with E-state index in [1.54, 1.807) is 0 Å². The smallest absolute Gasteiger partial charge is 0.222 e. The number of hydrogen-bond acceptors (Lipinski definition) is 2. The molecule has 1 aromatic heterocycles. The monoisotopic (exact) mass is 349 g/mol. The molecule has 4 heteroatoms. The molecule has 3 rings (SSSR count). The Balaban J connectivity index is 1.79. The van der Waals surface area contributed by atoms with Gasteiger partial charge in [0.1, 0.15) is 5.82 Å². The number of fused-ring (bicyclic) bond motifs is 1. The first-order valence-electron chi connectivity index (χ1n) is 9.32. The van der Waals surface area contributed by atoms with Crippen LogP contribution in [0.4, 0.5) is 0 Å². The van der Waals surface area contributed by atoms with Gasteiger partial charge in [-0.1, -0.05) is 50.2 Å². The van der Waals surface area contributed by atoms with Crippen LogP contribution in [-0.4, -0.2) is 22.0 Å². The average molecular weight is 349 g/mol. The normalized spacial score (nSPS) is 11.2. The summed E-state index contributed by atoms with van der Waals surface area (Å²) in [6, 6.07) is 16.8. The Morgan fingerprint density at radius 1 is 1.12 bits per heavy atom. The molecule has 0 spiro atoms. The molecule has 0 atom stereocenters.